The Morgan fingerprint density at radius 3 is 2.73 bits per heavy atom. The first-order valence-electron chi connectivity index (χ1n) is 6.90. The van der Waals surface area contributed by atoms with Crippen LogP contribution in [0.25, 0.3) is 11.3 Å². The molecule has 0 saturated heterocycles. The van der Waals surface area contributed by atoms with Crippen LogP contribution in [0, 0.1) is 0 Å². The predicted octanol–water partition coefficient (Wildman–Crippen LogP) is 3.01. The third kappa shape index (κ3) is 3.03. The second-order valence-electron chi connectivity index (χ2n) is 4.96. The summed E-state index contributed by atoms with van der Waals surface area (Å²) in [4.78, 5) is 18.0. The van der Waals surface area contributed by atoms with E-state index in [-0.39, 0.29) is 11.7 Å². The van der Waals surface area contributed by atoms with E-state index in [0.29, 0.717) is 12.2 Å². The Kier molecular flexibility index (Phi) is 3.96. The minimum absolute atomic E-state index is 0.210. The van der Waals surface area contributed by atoms with E-state index in [2.05, 4.69) is 10.1 Å². The van der Waals surface area contributed by atoms with Crippen molar-refractivity contribution < 1.29 is 9.32 Å². The molecule has 0 spiro atoms. The second-order valence-corrected chi connectivity index (χ2v) is 4.96. The summed E-state index contributed by atoms with van der Waals surface area (Å²) in [6.45, 7) is 0.466. The largest absolute Gasteiger partial charge is 0.350 e. The Morgan fingerprint density at radius 2 is 2.00 bits per heavy atom. The number of carbonyl (C=O) groups excluding carboxylic acids is 1. The highest BCUT2D eigenvalue weighted by Crippen LogP contribution is 2.19. The van der Waals surface area contributed by atoms with Crippen molar-refractivity contribution >= 4 is 5.91 Å². The number of amides is 1. The molecule has 2 heterocycles. The van der Waals surface area contributed by atoms with E-state index in [1.807, 2.05) is 42.5 Å². The summed E-state index contributed by atoms with van der Waals surface area (Å²) in [5.41, 5.74) is 2.53. The maximum absolute atomic E-state index is 12.4. The molecule has 0 fully saturated rings. The van der Waals surface area contributed by atoms with Gasteiger partial charge in [0.05, 0.1) is 0 Å². The van der Waals surface area contributed by atoms with Crippen LogP contribution in [0.4, 0.5) is 0 Å². The highest BCUT2D eigenvalue weighted by molar-refractivity contribution is 5.92. The quantitative estimate of drug-likeness (QED) is 0.742. The summed E-state index contributed by atoms with van der Waals surface area (Å²) >= 11 is 0. The topological polar surface area (TPSA) is 59.2 Å². The molecule has 0 saturated carbocycles. The van der Waals surface area contributed by atoms with Gasteiger partial charge in [0.25, 0.3) is 5.91 Å². The lowest BCUT2D eigenvalue weighted by molar-refractivity contribution is 0.0743. The minimum Gasteiger partial charge on any atom is -0.350 e. The molecular formula is C17H15N3O2. The van der Waals surface area contributed by atoms with Crippen molar-refractivity contribution in [3.8, 4) is 11.3 Å². The van der Waals surface area contributed by atoms with E-state index < -0.39 is 0 Å². The van der Waals surface area contributed by atoms with Crippen LogP contribution in [0.2, 0.25) is 0 Å². The van der Waals surface area contributed by atoms with Gasteiger partial charge in [-0.2, -0.15) is 0 Å². The van der Waals surface area contributed by atoms with Crippen LogP contribution in [0.1, 0.15) is 16.1 Å². The van der Waals surface area contributed by atoms with Crippen LogP contribution >= 0.6 is 0 Å². The molecule has 0 bridgehead atoms. The highest BCUT2D eigenvalue weighted by Gasteiger charge is 2.18. The Bertz CT molecular complexity index is 754. The number of hydrogen-bond acceptors (Lipinski definition) is 4. The van der Waals surface area contributed by atoms with Crippen molar-refractivity contribution in [3.05, 3.63) is 72.2 Å². The van der Waals surface area contributed by atoms with Crippen LogP contribution in [0.15, 0.2) is 65.4 Å². The lowest BCUT2D eigenvalue weighted by Crippen LogP contribution is -2.25. The average Bonchev–Trinajstić information content (AvgIpc) is 3.06. The maximum atomic E-state index is 12.4. The van der Waals surface area contributed by atoms with E-state index >= 15 is 0 Å². The standard InChI is InChI=1S/C17H15N3O2/c1-20(12-13-6-5-9-18-11-13)17(21)16-10-15(19-22-16)14-7-3-2-4-8-14/h2-11H,12H2,1H3. The van der Waals surface area contributed by atoms with E-state index in [1.165, 1.54) is 0 Å². The van der Waals surface area contributed by atoms with Gasteiger partial charge in [0, 0.05) is 37.6 Å². The van der Waals surface area contributed by atoms with Gasteiger partial charge in [-0.25, -0.2) is 0 Å². The average molecular weight is 293 g/mol. The van der Waals surface area contributed by atoms with Gasteiger partial charge < -0.3 is 9.42 Å². The summed E-state index contributed by atoms with van der Waals surface area (Å²) in [6.07, 6.45) is 3.44. The van der Waals surface area contributed by atoms with Crippen LogP contribution < -0.4 is 0 Å². The van der Waals surface area contributed by atoms with Crippen molar-refractivity contribution in [3.63, 3.8) is 0 Å². The summed E-state index contributed by atoms with van der Waals surface area (Å²) in [5, 5.41) is 3.96. The van der Waals surface area contributed by atoms with Gasteiger partial charge in [-0.05, 0) is 11.6 Å². The monoisotopic (exact) mass is 293 g/mol. The zero-order valence-corrected chi connectivity index (χ0v) is 12.1. The van der Waals surface area contributed by atoms with Crippen molar-refractivity contribution in [1.82, 2.24) is 15.0 Å². The van der Waals surface area contributed by atoms with E-state index in [0.717, 1.165) is 11.1 Å². The van der Waals surface area contributed by atoms with Gasteiger partial charge in [0.2, 0.25) is 5.76 Å². The Morgan fingerprint density at radius 1 is 1.18 bits per heavy atom. The number of aromatic nitrogens is 2. The first-order chi connectivity index (χ1) is 10.7. The summed E-state index contributed by atoms with van der Waals surface area (Å²) in [6, 6.07) is 15.0. The fourth-order valence-electron chi connectivity index (χ4n) is 2.15. The fraction of sp³-hybridized carbons (Fsp3) is 0.118. The Hall–Kier alpha value is -2.95. The van der Waals surface area contributed by atoms with Crippen molar-refractivity contribution in [2.24, 2.45) is 0 Å². The van der Waals surface area contributed by atoms with Crippen molar-refractivity contribution in [2.45, 2.75) is 6.54 Å². The van der Waals surface area contributed by atoms with Gasteiger partial charge in [-0.15, -0.1) is 0 Å². The van der Waals surface area contributed by atoms with E-state index in [1.54, 1.807) is 30.4 Å². The van der Waals surface area contributed by atoms with Crippen molar-refractivity contribution in [1.29, 1.82) is 0 Å². The fourth-order valence-corrected chi connectivity index (χ4v) is 2.15. The highest BCUT2D eigenvalue weighted by atomic mass is 16.5. The molecule has 3 aromatic rings. The zero-order valence-electron chi connectivity index (χ0n) is 12.1. The number of pyridine rings is 1. The minimum atomic E-state index is -0.210. The number of carbonyl (C=O) groups is 1. The van der Waals surface area contributed by atoms with Crippen LogP contribution in [0.3, 0.4) is 0 Å². The molecule has 0 N–H and O–H groups in total. The molecule has 0 aliphatic carbocycles. The first-order valence-corrected chi connectivity index (χ1v) is 6.90. The lowest BCUT2D eigenvalue weighted by Gasteiger charge is -2.14. The van der Waals surface area contributed by atoms with E-state index in [9.17, 15) is 4.79 Å². The number of benzene rings is 1. The molecule has 0 atom stereocenters. The molecule has 0 unspecified atom stereocenters. The zero-order chi connectivity index (χ0) is 15.4. The van der Waals surface area contributed by atoms with Gasteiger partial charge in [-0.1, -0.05) is 41.6 Å². The third-order valence-corrected chi connectivity index (χ3v) is 3.28. The number of nitrogens with zero attached hydrogens (tertiary/aromatic N) is 3. The van der Waals surface area contributed by atoms with Gasteiger partial charge in [0.15, 0.2) is 0 Å². The van der Waals surface area contributed by atoms with Crippen molar-refractivity contribution in [2.75, 3.05) is 7.05 Å². The molecule has 5 nitrogen and oxygen atoms in total. The molecular weight excluding hydrogens is 278 g/mol. The third-order valence-electron chi connectivity index (χ3n) is 3.28. The van der Waals surface area contributed by atoms with Crippen LogP contribution in [-0.4, -0.2) is 28.0 Å². The SMILES string of the molecule is CN(Cc1cccnc1)C(=O)c1cc(-c2ccccc2)no1. The molecule has 1 aromatic carbocycles. The normalized spacial score (nSPS) is 10.4. The first kappa shape index (κ1) is 14.0. The van der Waals surface area contributed by atoms with E-state index in [4.69, 9.17) is 4.52 Å². The number of rotatable bonds is 4. The van der Waals surface area contributed by atoms with Crippen LogP contribution in [-0.2, 0) is 6.54 Å². The molecule has 3 rings (SSSR count). The smallest absolute Gasteiger partial charge is 0.292 e. The Labute approximate surface area is 128 Å². The molecule has 22 heavy (non-hydrogen) atoms. The lowest BCUT2D eigenvalue weighted by atomic mass is 10.1. The predicted molar refractivity (Wildman–Crippen MR) is 82.0 cm³/mol. The Balaban J connectivity index is 1.74. The molecule has 0 radical (unpaired) electrons. The molecule has 1 amide bonds. The second kappa shape index (κ2) is 6.22. The maximum Gasteiger partial charge on any atom is 0.292 e. The molecule has 2 aromatic heterocycles. The molecule has 0 aliphatic rings. The van der Waals surface area contributed by atoms with Gasteiger partial charge >= 0.3 is 0 Å². The molecule has 0 aliphatic heterocycles. The van der Waals surface area contributed by atoms with Crippen LogP contribution in [0.5, 0.6) is 0 Å². The molecule has 110 valence electrons. The summed E-state index contributed by atoms with van der Waals surface area (Å²) in [5.74, 6) is 0.0174. The number of hydrogen-bond donors (Lipinski definition) is 0. The molecule has 5 heteroatoms. The summed E-state index contributed by atoms with van der Waals surface area (Å²) in [7, 11) is 1.72. The van der Waals surface area contributed by atoms with Gasteiger partial charge in [-0.3, -0.25) is 9.78 Å². The summed E-state index contributed by atoms with van der Waals surface area (Å²) < 4.78 is 5.18. The van der Waals surface area contributed by atoms with Gasteiger partial charge in [0.1, 0.15) is 5.69 Å².